The zero-order chi connectivity index (χ0) is 25.1. The molecule has 0 spiro atoms. The van der Waals surface area contributed by atoms with E-state index < -0.39 is 0 Å². The van der Waals surface area contributed by atoms with Gasteiger partial charge in [-0.1, -0.05) is 24.3 Å². The first-order chi connectivity index (χ1) is 17.5. The number of ether oxygens (including phenoxy) is 2. The van der Waals surface area contributed by atoms with Gasteiger partial charge in [0.05, 0.1) is 17.0 Å². The fraction of sp³-hybridized carbons (Fsp3) is 0.357. The first kappa shape index (κ1) is 24.5. The zero-order valence-corrected chi connectivity index (χ0v) is 21.3. The van der Waals surface area contributed by atoms with Crippen molar-refractivity contribution >= 4 is 23.2 Å². The van der Waals surface area contributed by atoms with Gasteiger partial charge in [0, 0.05) is 36.7 Å². The molecule has 2 fully saturated rings. The summed E-state index contributed by atoms with van der Waals surface area (Å²) in [7, 11) is 0. The van der Waals surface area contributed by atoms with Gasteiger partial charge in [0.15, 0.2) is 0 Å². The first-order valence-corrected chi connectivity index (χ1v) is 13.2. The minimum Gasteiger partial charge on any atom is -0.488 e. The number of amides is 2. The van der Waals surface area contributed by atoms with Gasteiger partial charge in [0.2, 0.25) is 0 Å². The Bertz CT molecular complexity index is 1250. The summed E-state index contributed by atoms with van der Waals surface area (Å²) >= 11 is 1.46. The van der Waals surface area contributed by atoms with E-state index in [-0.39, 0.29) is 30.1 Å². The number of nitrogens with one attached hydrogen (secondary N) is 3. The van der Waals surface area contributed by atoms with Crippen LogP contribution in [0.4, 0.5) is 0 Å². The number of thiophene rings is 1. The maximum atomic E-state index is 13.1. The van der Waals surface area contributed by atoms with E-state index in [1.807, 2.05) is 62.4 Å². The highest BCUT2D eigenvalue weighted by molar-refractivity contribution is 7.17. The topological polar surface area (TPSA) is 88.7 Å². The van der Waals surface area contributed by atoms with Crippen LogP contribution >= 0.6 is 11.3 Å². The average Bonchev–Trinajstić information content (AvgIpc) is 3.32. The maximum absolute atomic E-state index is 13.1. The minimum absolute atomic E-state index is 0.0753. The van der Waals surface area contributed by atoms with Crippen molar-refractivity contribution in [2.45, 2.75) is 38.5 Å². The third-order valence-electron chi connectivity index (χ3n) is 6.63. The summed E-state index contributed by atoms with van der Waals surface area (Å²) in [5.41, 5.74) is 3.53. The predicted octanol–water partition coefficient (Wildman–Crippen LogP) is 4.08. The number of hydrogen-bond donors (Lipinski definition) is 3. The lowest BCUT2D eigenvalue weighted by Gasteiger charge is -2.28. The molecule has 2 aromatic carbocycles. The molecular weight excluding hydrogens is 474 g/mol. The normalized spacial score (nSPS) is 18.0. The van der Waals surface area contributed by atoms with Crippen molar-refractivity contribution in [3.8, 4) is 16.2 Å². The van der Waals surface area contributed by atoms with Gasteiger partial charge in [-0.15, -0.1) is 11.3 Å². The first-order valence-electron chi connectivity index (χ1n) is 12.3. The van der Waals surface area contributed by atoms with Crippen molar-refractivity contribution in [3.63, 3.8) is 0 Å². The fourth-order valence-corrected chi connectivity index (χ4v) is 5.05. The third-order valence-corrected chi connectivity index (χ3v) is 7.77. The summed E-state index contributed by atoms with van der Waals surface area (Å²) in [5.74, 6) is 0.506. The molecule has 2 aliphatic heterocycles. The van der Waals surface area contributed by atoms with E-state index in [1.54, 1.807) is 0 Å². The van der Waals surface area contributed by atoms with Gasteiger partial charge >= 0.3 is 0 Å². The molecule has 8 heteroatoms. The fourth-order valence-electron chi connectivity index (χ4n) is 4.13. The van der Waals surface area contributed by atoms with Crippen LogP contribution in [0.2, 0.25) is 0 Å². The smallest absolute Gasteiger partial charge is 0.261 e. The minimum atomic E-state index is -0.192. The molecule has 3 aromatic rings. The van der Waals surface area contributed by atoms with E-state index in [1.165, 1.54) is 11.3 Å². The van der Waals surface area contributed by atoms with Gasteiger partial charge < -0.3 is 25.4 Å². The van der Waals surface area contributed by atoms with Crippen LogP contribution in [0.5, 0.6) is 5.75 Å². The van der Waals surface area contributed by atoms with Crippen LogP contribution in [0.3, 0.4) is 0 Å². The van der Waals surface area contributed by atoms with Crippen LogP contribution in [-0.2, 0) is 4.74 Å². The number of rotatable bonds is 9. The molecule has 36 heavy (non-hydrogen) atoms. The average molecular weight is 506 g/mol. The van der Waals surface area contributed by atoms with Gasteiger partial charge in [-0.25, -0.2) is 0 Å². The Kier molecular flexibility index (Phi) is 7.36. The number of benzene rings is 2. The van der Waals surface area contributed by atoms with E-state index in [4.69, 9.17) is 9.47 Å². The summed E-state index contributed by atoms with van der Waals surface area (Å²) < 4.78 is 11.3. The Balaban J connectivity index is 1.24. The van der Waals surface area contributed by atoms with Gasteiger partial charge in [0.25, 0.3) is 11.8 Å². The Morgan fingerprint density at radius 3 is 2.69 bits per heavy atom. The predicted molar refractivity (Wildman–Crippen MR) is 141 cm³/mol. The molecule has 1 aromatic heterocycles. The van der Waals surface area contributed by atoms with Crippen molar-refractivity contribution < 1.29 is 19.1 Å². The molecule has 2 saturated heterocycles. The van der Waals surface area contributed by atoms with Crippen LogP contribution in [0.25, 0.3) is 10.4 Å². The summed E-state index contributed by atoms with van der Waals surface area (Å²) in [6.07, 6.45) is 1.29. The van der Waals surface area contributed by atoms with Crippen molar-refractivity contribution in [3.05, 3.63) is 76.2 Å². The molecule has 5 rings (SSSR count). The lowest BCUT2D eigenvalue weighted by molar-refractivity contribution is -0.0472. The van der Waals surface area contributed by atoms with Crippen molar-refractivity contribution in [1.29, 1.82) is 0 Å². The van der Waals surface area contributed by atoms with Crippen LogP contribution in [0.15, 0.2) is 54.6 Å². The zero-order valence-electron chi connectivity index (χ0n) is 20.5. The van der Waals surface area contributed by atoms with Crippen LogP contribution in [0, 0.1) is 6.92 Å². The second-order valence-electron chi connectivity index (χ2n) is 9.35. The molecule has 3 heterocycles. The lowest BCUT2D eigenvalue weighted by atomic mass is 10.0. The van der Waals surface area contributed by atoms with Crippen molar-refractivity contribution in [1.82, 2.24) is 16.0 Å². The molecule has 0 saturated carbocycles. The molecule has 2 atom stereocenters. The van der Waals surface area contributed by atoms with Gasteiger partial charge in [-0.05, 0) is 67.3 Å². The monoisotopic (exact) mass is 505 g/mol. The molecule has 1 unspecified atom stereocenters. The molecular formula is C28H31N3O4S. The maximum Gasteiger partial charge on any atom is 0.261 e. The number of carbonyl (C=O) groups excluding carboxylic acids is 2. The molecule has 0 radical (unpaired) electrons. The van der Waals surface area contributed by atoms with E-state index in [0.717, 1.165) is 47.7 Å². The standard InChI is InChI=1S/C28H31N3O4S/c1-17-6-7-21(35-23-14-29-15-23)13-24(17)27(32)31-18(2)19-4-3-5-20(12-19)25-8-9-26(36-25)28(33)30-16-22-10-11-34-22/h3-9,12-13,18,22-23,29H,10-11,14-16H2,1-2H3,(H,30,33)(H,31,32)/t18-,22?/m1/s1. The van der Waals surface area contributed by atoms with E-state index in [9.17, 15) is 9.59 Å². The molecule has 2 aliphatic rings. The van der Waals surface area contributed by atoms with Gasteiger partial charge in [-0.2, -0.15) is 0 Å². The third kappa shape index (κ3) is 5.61. The summed E-state index contributed by atoms with van der Waals surface area (Å²) in [4.78, 5) is 27.3. The molecule has 0 bridgehead atoms. The second-order valence-corrected chi connectivity index (χ2v) is 10.4. The highest BCUT2D eigenvalue weighted by Gasteiger charge is 2.21. The molecule has 188 valence electrons. The number of aryl methyl sites for hydroxylation is 1. The summed E-state index contributed by atoms with van der Waals surface area (Å²) in [6, 6.07) is 17.4. The Labute approximate surface area is 215 Å². The second kappa shape index (κ2) is 10.8. The molecule has 3 N–H and O–H groups in total. The van der Waals surface area contributed by atoms with Crippen molar-refractivity contribution in [2.75, 3.05) is 26.2 Å². The summed E-state index contributed by atoms with van der Waals surface area (Å²) in [5, 5.41) is 9.25. The number of hydrogen-bond acceptors (Lipinski definition) is 6. The highest BCUT2D eigenvalue weighted by atomic mass is 32.1. The van der Waals surface area contributed by atoms with Gasteiger partial charge in [-0.3, -0.25) is 9.59 Å². The Morgan fingerprint density at radius 1 is 1.14 bits per heavy atom. The highest BCUT2D eigenvalue weighted by Crippen LogP contribution is 2.30. The molecule has 2 amide bonds. The Morgan fingerprint density at radius 2 is 1.97 bits per heavy atom. The Hall–Kier alpha value is -3.20. The number of carbonyl (C=O) groups is 2. The van der Waals surface area contributed by atoms with E-state index in [0.29, 0.717) is 22.7 Å². The van der Waals surface area contributed by atoms with Crippen LogP contribution < -0.4 is 20.7 Å². The van der Waals surface area contributed by atoms with E-state index >= 15 is 0 Å². The van der Waals surface area contributed by atoms with Crippen LogP contribution in [0.1, 0.15) is 50.5 Å². The summed E-state index contributed by atoms with van der Waals surface area (Å²) in [6.45, 7) is 6.88. The van der Waals surface area contributed by atoms with Gasteiger partial charge in [0.1, 0.15) is 11.9 Å². The van der Waals surface area contributed by atoms with Crippen molar-refractivity contribution in [2.24, 2.45) is 0 Å². The SMILES string of the molecule is Cc1ccc(OC2CNC2)cc1C(=O)N[C@H](C)c1cccc(-c2ccc(C(=O)NCC3CCO3)s2)c1. The van der Waals surface area contributed by atoms with Crippen LogP contribution in [-0.4, -0.2) is 50.3 Å². The molecule has 0 aliphatic carbocycles. The van der Waals surface area contributed by atoms with E-state index in [2.05, 4.69) is 22.0 Å². The molecule has 7 nitrogen and oxygen atoms in total. The quantitative estimate of drug-likeness (QED) is 0.408. The lowest BCUT2D eigenvalue weighted by Crippen LogP contribution is -2.50. The largest absolute Gasteiger partial charge is 0.488 e.